The van der Waals surface area contributed by atoms with Crippen LogP contribution < -0.4 is 20.7 Å². The maximum Gasteiger partial charge on any atom is 0.243 e. The van der Waals surface area contributed by atoms with Gasteiger partial charge in [0.2, 0.25) is 11.8 Å². The van der Waals surface area contributed by atoms with Crippen molar-refractivity contribution in [1.82, 2.24) is 0 Å². The van der Waals surface area contributed by atoms with Crippen LogP contribution in [0.5, 0.6) is 5.75 Å². The highest BCUT2D eigenvalue weighted by atomic mass is 16.5. The van der Waals surface area contributed by atoms with Gasteiger partial charge in [0, 0.05) is 23.0 Å². The number of benzene rings is 2. The maximum absolute atomic E-state index is 12.3. The summed E-state index contributed by atoms with van der Waals surface area (Å²) in [6.45, 7) is 6.92. The van der Waals surface area contributed by atoms with Gasteiger partial charge in [0.05, 0.1) is 13.2 Å². The van der Waals surface area contributed by atoms with Crippen molar-refractivity contribution in [3.05, 3.63) is 48.0 Å². The van der Waals surface area contributed by atoms with Crippen LogP contribution in [-0.4, -0.2) is 25.0 Å². The molecule has 3 N–H and O–H groups in total. The fourth-order valence-electron chi connectivity index (χ4n) is 2.80. The van der Waals surface area contributed by atoms with Gasteiger partial charge in [0.1, 0.15) is 5.75 Å². The molecule has 0 bridgehead atoms. The third kappa shape index (κ3) is 6.24. The lowest BCUT2D eigenvalue weighted by molar-refractivity contribution is -0.117. The molecule has 1 aliphatic carbocycles. The minimum Gasteiger partial charge on any atom is -0.493 e. The Kier molecular flexibility index (Phi) is 6.75. The first-order valence-corrected chi connectivity index (χ1v) is 10.1. The van der Waals surface area contributed by atoms with Crippen molar-refractivity contribution in [3.63, 3.8) is 0 Å². The lowest BCUT2D eigenvalue weighted by Crippen LogP contribution is -2.22. The molecule has 2 aromatic carbocycles. The molecule has 2 amide bonds. The number of amides is 2. The molecule has 0 unspecified atom stereocenters. The van der Waals surface area contributed by atoms with Crippen LogP contribution in [0.1, 0.15) is 32.3 Å². The number of hydrogen-bond donors (Lipinski definition) is 3. The van der Waals surface area contributed by atoms with E-state index in [1.165, 1.54) is 0 Å². The molecule has 29 heavy (non-hydrogen) atoms. The van der Waals surface area contributed by atoms with E-state index in [1.54, 1.807) is 0 Å². The van der Waals surface area contributed by atoms with Crippen molar-refractivity contribution in [3.8, 4) is 5.75 Å². The molecule has 1 saturated carbocycles. The number of rotatable bonds is 9. The van der Waals surface area contributed by atoms with Crippen LogP contribution in [0.2, 0.25) is 0 Å². The highest BCUT2D eigenvalue weighted by molar-refractivity contribution is 5.98. The van der Waals surface area contributed by atoms with Gasteiger partial charge in [-0.05, 0) is 67.6 Å². The zero-order valence-corrected chi connectivity index (χ0v) is 17.2. The molecule has 1 fully saturated rings. The van der Waals surface area contributed by atoms with E-state index in [4.69, 9.17) is 4.74 Å². The minimum atomic E-state index is -0.154. The second kappa shape index (κ2) is 9.45. The standard InChI is InChI=1S/C23H29N3O3/c1-15(2)14-29-19-11-9-18(10-12-19)24-13-22(27)25-20-5-4-6-21(16(20)3)26-23(28)17-7-8-17/h4-6,9-12,15,17,24H,7-8,13-14H2,1-3H3,(H,25,27)(H,26,28). The van der Waals surface area contributed by atoms with Gasteiger partial charge in [-0.1, -0.05) is 19.9 Å². The molecule has 1 aliphatic rings. The van der Waals surface area contributed by atoms with Gasteiger partial charge in [-0.3, -0.25) is 9.59 Å². The van der Waals surface area contributed by atoms with E-state index in [2.05, 4.69) is 29.8 Å². The molecule has 0 heterocycles. The molecule has 6 heteroatoms. The van der Waals surface area contributed by atoms with E-state index >= 15 is 0 Å². The fraction of sp³-hybridized carbons (Fsp3) is 0.391. The molecule has 0 saturated heterocycles. The zero-order chi connectivity index (χ0) is 20.8. The van der Waals surface area contributed by atoms with Crippen molar-refractivity contribution in [2.24, 2.45) is 11.8 Å². The molecule has 0 radical (unpaired) electrons. The van der Waals surface area contributed by atoms with Gasteiger partial charge in [0.15, 0.2) is 0 Å². The van der Waals surface area contributed by atoms with E-state index < -0.39 is 0 Å². The fourth-order valence-corrected chi connectivity index (χ4v) is 2.80. The van der Waals surface area contributed by atoms with Crippen LogP contribution in [0.3, 0.4) is 0 Å². The largest absolute Gasteiger partial charge is 0.493 e. The molecule has 2 aromatic rings. The lowest BCUT2D eigenvalue weighted by Gasteiger charge is -2.14. The molecular weight excluding hydrogens is 366 g/mol. The first-order valence-electron chi connectivity index (χ1n) is 10.1. The Morgan fingerprint density at radius 1 is 1.03 bits per heavy atom. The van der Waals surface area contributed by atoms with Gasteiger partial charge >= 0.3 is 0 Å². The van der Waals surface area contributed by atoms with Gasteiger partial charge in [0.25, 0.3) is 0 Å². The zero-order valence-electron chi connectivity index (χ0n) is 17.2. The quantitative estimate of drug-likeness (QED) is 0.587. The molecule has 3 rings (SSSR count). The smallest absolute Gasteiger partial charge is 0.243 e. The average Bonchev–Trinajstić information content (AvgIpc) is 3.54. The predicted octanol–water partition coefficient (Wildman–Crippen LogP) is 4.43. The number of hydrogen-bond acceptors (Lipinski definition) is 4. The van der Waals surface area contributed by atoms with E-state index in [0.29, 0.717) is 18.2 Å². The van der Waals surface area contributed by atoms with E-state index in [9.17, 15) is 9.59 Å². The molecule has 0 aromatic heterocycles. The Balaban J connectivity index is 1.51. The number of carbonyl (C=O) groups is 2. The molecule has 6 nitrogen and oxygen atoms in total. The Bertz CT molecular complexity index is 858. The second-order valence-corrected chi connectivity index (χ2v) is 7.87. The highest BCUT2D eigenvalue weighted by Gasteiger charge is 2.29. The van der Waals surface area contributed by atoms with Crippen molar-refractivity contribution in [1.29, 1.82) is 0 Å². The van der Waals surface area contributed by atoms with Crippen LogP contribution >= 0.6 is 0 Å². The minimum absolute atomic E-state index is 0.0547. The topological polar surface area (TPSA) is 79.5 Å². The summed E-state index contributed by atoms with van der Waals surface area (Å²) in [6, 6.07) is 13.1. The number of nitrogens with one attached hydrogen (secondary N) is 3. The van der Waals surface area contributed by atoms with E-state index in [0.717, 1.165) is 35.5 Å². The monoisotopic (exact) mass is 395 g/mol. The molecule has 0 spiro atoms. The molecule has 154 valence electrons. The van der Waals surface area contributed by atoms with E-state index in [1.807, 2.05) is 49.4 Å². The summed E-state index contributed by atoms with van der Waals surface area (Å²) in [7, 11) is 0. The van der Waals surface area contributed by atoms with E-state index in [-0.39, 0.29) is 24.3 Å². The van der Waals surface area contributed by atoms with Crippen molar-refractivity contribution >= 4 is 28.9 Å². The normalized spacial score (nSPS) is 13.1. The summed E-state index contributed by atoms with van der Waals surface area (Å²) in [5, 5.41) is 8.96. The average molecular weight is 396 g/mol. The van der Waals surface area contributed by atoms with Crippen LogP contribution in [0.25, 0.3) is 0 Å². The highest BCUT2D eigenvalue weighted by Crippen LogP contribution is 2.31. The van der Waals surface area contributed by atoms with Crippen LogP contribution in [0.15, 0.2) is 42.5 Å². The first kappa shape index (κ1) is 20.7. The summed E-state index contributed by atoms with van der Waals surface area (Å²) in [4.78, 5) is 24.3. The summed E-state index contributed by atoms with van der Waals surface area (Å²) in [5.74, 6) is 1.33. The van der Waals surface area contributed by atoms with Gasteiger partial charge in [-0.2, -0.15) is 0 Å². The Labute approximate surface area is 172 Å². The summed E-state index contributed by atoms with van der Waals surface area (Å²) in [6.07, 6.45) is 1.91. The summed E-state index contributed by atoms with van der Waals surface area (Å²) >= 11 is 0. The Morgan fingerprint density at radius 3 is 2.31 bits per heavy atom. The third-order valence-electron chi connectivity index (χ3n) is 4.70. The Morgan fingerprint density at radius 2 is 1.69 bits per heavy atom. The van der Waals surface area contributed by atoms with Crippen LogP contribution in [0.4, 0.5) is 17.1 Å². The van der Waals surface area contributed by atoms with Crippen LogP contribution in [0, 0.1) is 18.8 Å². The third-order valence-corrected chi connectivity index (χ3v) is 4.70. The molecule has 0 aliphatic heterocycles. The Hall–Kier alpha value is -3.02. The number of anilines is 3. The predicted molar refractivity (Wildman–Crippen MR) is 116 cm³/mol. The molecule has 0 atom stereocenters. The van der Waals surface area contributed by atoms with Crippen molar-refractivity contribution in [2.45, 2.75) is 33.6 Å². The summed E-state index contributed by atoms with van der Waals surface area (Å²) < 4.78 is 5.66. The SMILES string of the molecule is Cc1c(NC(=O)CNc2ccc(OCC(C)C)cc2)cccc1NC(=O)C1CC1. The molecular formula is C23H29N3O3. The first-order chi connectivity index (χ1) is 13.9. The van der Waals surface area contributed by atoms with Gasteiger partial charge < -0.3 is 20.7 Å². The van der Waals surface area contributed by atoms with Gasteiger partial charge in [-0.15, -0.1) is 0 Å². The maximum atomic E-state index is 12.3. The number of carbonyl (C=O) groups excluding carboxylic acids is 2. The lowest BCUT2D eigenvalue weighted by atomic mass is 10.1. The number of ether oxygens (including phenoxy) is 1. The van der Waals surface area contributed by atoms with Crippen molar-refractivity contribution in [2.75, 3.05) is 29.1 Å². The summed E-state index contributed by atoms with van der Waals surface area (Å²) in [5.41, 5.74) is 3.13. The van der Waals surface area contributed by atoms with Crippen LogP contribution in [-0.2, 0) is 9.59 Å². The van der Waals surface area contributed by atoms with Gasteiger partial charge in [-0.25, -0.2) is 0 Å². The second-order valence-electron chi connectivity index (χ2n) is 7.87. The van der Waals surface area contributed by atoms with Crippen molar-refractivity contribution < 1.29 is 14.3 Å².